The Bertz CT molecular complexity index is 1020. The molecule has 1 N–H and O–H groups in total. The summed E-state index contributed by atoms with van der Waals surface area (Å²) in [4.78, 5) is 12.6. The summed E-state index contributed by atoms with van der Waals surface area (Å²) in [7, 11) is 0. The van der Waals surface area contributed by atoms with Crippen LogP contribution in [-0.4, -0.2) is 26.0 Å². The van der Waals surface area contributed by atoms with Crippen molar-refractivity contribution >= 4 is 40.3 Å². The number of fused-ring (bicyclic) bond motifs is 1. The zero-order valence-electron chi connectivity index (χ0n) is 14.8. The third kappa shape index (κ3) is 3.58. The van der Waals surface area contributed by atoms with Crippen LogP contribution < -0.4 is 5.32 Å². The number of anilines is 1. The number of benzene rings is 2. The molecule has 1 aliphatic rings. The average Bonchev–Trinajstić information content (AvgIpc) is 3.17. The second-order valence-corrected chi connectivity index (χ2v) is 7.33. The SMILES string of the molecule is O=[N+]([O-])c1ccc(NC(=S)N2CCn3cccc3C2c2ccc(Cl)cc2)cc1. The predicted octanol–water partition coefficient (Wildman–Crippen LogP) is 4.85. The molecule has 1 aliphatic heterocycles. The fourth-order valence-electron chi connectivity index (χ4n) is 3.46. The van der Waals surface area contributed by atoms with Gasteiger partial charge >= 0.3 is 0 Å². The van der Waals surface area contributed by atoms with Crippen molar-refractivity contribution in [2.24, 2.45) is 0 Å². The van der Waals surface area contributed by atoms with Crippen molar-refractivity contribution in [1.29, 1.82) is 0 Å². The summed E-state index contributed by atoms with van der Waals surface area (Å²) in [5.41, 5.74) is 3.01. The number of nitrogens with one attached hydrogen (secondary N) is 1. The molecule has 6 nitrogen and oxygen atoms in total. The van der Waals surface area contributed by atoms with Gasteiger partial charge in [0.1, 0.15) is 0 Å². The van der Waals surface area contributed by atoms with E-state index in [0.717, 1.165) is 24.3 Å². The van der Waals surface area contributed by atoms with E-state index < -0.39 is 4.92 Å². The standard InChI is InChI=1S/C20H17ClN4O2S/c21-15-5-3-14(4-6-15)19-18-2-1-11-23(18)12-13-24(19)20(28)22-16-7-9-17(10-8-16)25(26)27/h1-11,19H,12-13H2,(H,22,28). The van der Waals surface area contributed by atoms with E-state index in [-0.39, 0.29) is 11.7 Å². The zero-order valence-corrected chi connectivity index (χ0v) is 16.4. The molecule has 28 heavy (non-hydrogen) atoms. The maximum atomic E-state index is 10.8. The molecule has 1 atom stereocenters. The molecule has 2 heterocycles. The lowest BCUT2D eigenvalue weighted by molar-refractivity contribution is -0.384. The Morgan fingerprint density at radius 2 is 1.82 bits per heavy atom. The Hall–Kier alpha value is -2.90. The minimum atomic E-state index is -0.419. The molecule has 2 aromatic carbocycles. The van der Waals surface area contributed by atoms with Crippen LogP contribution in [0.5, 0.6) is 0 Å². The van der Waals surface area contributed by atoms with Gasteiger partial charge in [-0.15, -0.1) is 0 Å². The number of thiocarbonyl (C=S) groups is 1. The van der Waals surface area contributed by atoms with E-state index in [1.165, 1.54) is 12.1 Å². The molecule has 0 saturated carbocycles. The number of nitro benzene ring substituents is 1. The highest BCUT2D eigenvalue weighted by Gasteiger charge is 2.30. The van der Waals surface area contributed by atoms with Crippen molar-refractivity contribution in [2.75, 3.05) is 11.9 Å². The van der Waals surface area contributed by atoms with Crippen molar-refractivity contribution in [2.45, 2.75) is 12.6 Å². The number of halogens is 1. The number of aromatic nitrogens is 1. The molecule has 0 spiro atoms. The Morgan fingerprint density at radius 1 is 1.11 bits per heavy atom. The second-order valence-electron chi connectivity index (χ2n) is 6.51. The number of hydrogen-bond donors (Lipinski definition) is 1. The number of nitrogens with zero attached hydrogens (tertiary/aromatic N) is 3. The highest BCUT2D eigenvalue weighted by atomic mass is 35.5. The number of non-ortho nitro benzene ring substituents is 1. The Kier molecular flexibility index (Phi) is 5.02. The third-order valence-corrected chi connectivity index (χ3v) is 5.40. The first-order valence-electron chi connectivity index (χ1n) is 8.75. The number of rotatable bonds is 3. The lowest BCUT2D eigenvalue weighted by atomic mass is 10.0. The van der Waals surface area contributed by atoms with Crippen molar-refractivity contribution < 1.29 is 4.92 Å². The van der Waals surface area contributed by atoms with E-state index in [4.69, 9.17) is 23.8 Å². The van der Waals surface area contributed by atoms with E-state index in [9.17, 15) is 10.1 Å². The van der Waals surface area contributed by atoms with Gasteiger partial charge in [0.25, 0.3) is 5.69 Å². The molecule has 1 aromatic heterocycles. The molecule has 0 amide bonds. The molecule has 0 fully saturated rings. The molecule has 8 heteroatoms. The van der Waals surface area contributed by atoms with Gasteiger partial charge in [-0.05, 0) is 54.2 Å². The summed E-state index contributed by atoms with van der Waals surface area (Å²) in [6, 6.07) is 18.1. The normalized spacial score (nSPS) is 15.8. The topological polar surface area (TPSA) is 63.3 Å². The van der Waals surface area contributed by atoms with Gasteiger partial charge in [0.2, 0.25) is 0 Å². The van der Waals surface area contributed by atoms with Crippen LogP contribution in [0.3, 0.4) is 0 Å². The zero-order chi connectivity index (χ0) is 19.7. The Labute approximate surface area is 172 Å². The molecule has 0 bridgehead atoms. The maximum absolute atomic E-state index is 10.8. The molecule has 0 aliphatic carbocycles. The van der Waals surface area contributed by atoms with Gasteiger partial charge in [-0.3, -0.25) is 10.1 Å². The lowest BCUT2D eigenvalue weighted by Crippen LogP contribution is -2.44. The molecule has 4 rings (SSSR count). The average molecular weight is 413 g/mol. The first-order valence-corrected chi connectivity index (χ1v) is 9.54. The molecule has 3 aromatic rings. The Morgan fingerprint density at radius 3 is 2.50 bits per heavy atom. The van der Waals surface area contributed by atoms with Crippen molar-refractivity contribution in [1.82, 2.24) is 9.47 Å². The van der Waals surface area contributed by atoms with Gasteiger partial charge in [0.15, 0.2) is 5.11 Å². The van der Waals surface area contributed by atoms with Crippen LogP contribution in [0.25, 0.3) is 0 Å². The van der Waals surface area contributed by atoms with E-state index in [1.54, 1.807) is 12.1 Å². The summed E-state index contributed by atoms with van der Waals surface area (Å²) in [5, 5.41) is 15.3. The lowest BCUT2D eigenvalue weighted by Gasteiger charge is -2.39. The van der Waals surface area contributed by atoms with Gasteiger partial charge in [0.05, 0.1) is 11.0 Å². The summed E-state index contributed by atoms with van der Waals surface area (Å²) >= 11 is 11.8. The third-order valence-electron chi connectivity index (χ3n) is 4.81. The van der Waals surface area contributed by atoms with Gasteiger partial charge in [-0.25, -0.2) is 0 Å². The van der Waals surface area contributed by atoms with Crippen molar-refractivity contribution in [3.05, 3.63) is 93.3 Å². The summed E-state index contributed by atoms with van der Waals surface area (Å²) in [5.74, 6) is 0. The smallest absolute Gasteiger partial charge is 0.269 e. The predicted molar refractivity (Wildman–Crippen MR) is 114 cm³/mol. The first kappa shape index (κ1) is 18.5. The fourth-order valence-corrected chi connectivity index (χ4v) is 3.90. The van der Waals surface area contributed by atoms with Crippen molar-refractivity contribution in [3.63, 3.8) is 0 Å². The van der Waals surface area contributed by atoms with E-state index in [2.05, 4.69) is 27.0 Å². The van der Waals surface area contributed by atoms with Crippen molar-refractivity contribution in [3.8, 4) is 0 Å². The molecule has 0 saturated heterocycles. The molecular formula is C20H17ClN4O2S. The molecule has 1 unspecified atom stereocenters. The highest BCUT2D eigenvalue weighted by molar-refractivity contribution is 7.80. The maximum Gasteiger partial charge on any atom is 0.269 e. The minimum Gasteiger partial charge on any atom is -0.348 e. The summed E-state index contributed by atoms with van der Waals surface area (Å²) < 4.78 is 2.23. The van der Waals surface area contributed by atoms with Crippen LogP contribution in [-0.2, 0) is 6.54 Å². The van der Waals surface area contributed by atoms with Crippen LogP contribution >= 0.6 is 23.8 Å². The summed E-state index contributed by atoms with van der Waals surface area (Å²) in [6.07, 6.45) is 2.07. The fraction of sp³-hybridized carbons (Fsp3) is 0.150. The number of hydrogen-bond acceptors (Lipinski definition) is 3. The Balaban J connectivity index is 1.62. The largest absolute Gasteiger partial charge is 0.348 e. The number of nitro groups is 1. The van der Waals surface area contributed by atoms with Gasteiger partial charge in [-0.1, -0.05) is 23.7 Å². The van der Waals surface area contributed by atoms with Crippen LogP contribution in [0.2, 0.25) is 5.02 Å². The van der Waals surface area contributed by atoms with Gasteiger partial charge in [0, 0.05) is 47.8 Å². The molecule has 0 radical (unpaired) electrons. The van der Waals surface area contributed by atoms with Crippen LogP contribution in [0, 0.1) is 10.1 Å². The minimum absolute atomic E-state index is 0.0425. The van der Waals surface area contributed by atoms with Crippen LogP contribution in [0.15, 0.2) is 66.9 Å². The molecular weight excluding hydrogens is 396 g/mol. The first-order chi connectivity index (χ1) is 13.5. The van der Waals surface area contributed by atoms with E-state index in [1.807, 2.05) is 30.3 Å². The van der Waals surface area contributed by atoms with E-state index >= 15 is 0 Å². The van der Waals surface area contributed by atoms with E-state index in [0.29, 0.717) is 15.8 Å². The monoisotopic (exact) mass is 412 g/mol. The van der Waals surface area contributed by atoms with Crippen LogP contribution in [0.4, 0.5) is 11.4 Å². The molecule has 142 valence electrons. The highest BCUT2D eigenvalue weighted by Crippen LogP contribution is 2.33. The quantitative estimate of drug-likeness (QED) is 0.378. The van der Waals surface area contributed by atoms with Crippen LogP contribution in [0.1, 0.15) is 17.3 Å². The summed E-state index contributed by atoms with van der Waals surface area (Å²) in [6.45, 7) is 1.57. The van der Waals surface area contributed by atoms with Gasteiger partial charge < -0.3 is 14.8 Å². The van der Waals surface area contributed by atoms with Gasteiger partial charge in [-0.2, -0.15) is 0 Å². The second kappa shape index (κ2) is 7.61.